The van der Waals surface area contributed by atoms with Gasteiger partial charge >= 0.3 is 0 Å². The van der Waals surface area contributed by atoms with Crippen molar-refractivity contribution in [2.45, 2.75) is 44.8 Å². The number of rotatable bonds is 4. The van der Waals surface area contributed by atoms with Crippen LogP contribution in [0.25, 0.3) is 0 Å². The number of nitrogens with two attached hydrogens (primary N) is 1. The summed E-state index contributed by atoms with van der Waals surface area (Å²) in [7, 11) is -3.45. The minimum Gasteiger partial charge on any atom is -0.376 e. The maximum absolute atomic E-state index is 12.5. The average molecular weight is 291 g/mol. The molecule has 0 saturated carbocycles. The Hall–Kier alpha value is -0.210. The minimum atomic E-state index is -3.45. The van der Waals surface area contributed by atoms with E-state index in [0.29, 0.717) is 32.7 Å². The van der Waals surface area contributed by atoms with Gasteiger partial charge in [-0.1, -0.05) is 0 Å². The fourth-order valence-corrected chi connectivity index (χ4v) is 4.53. The van der Waals surface area contributed by atoms with Crippen molar-refractivity contribution in [2.24, 2.45) is 11.7 Å². The van der Waals surface area contributed by atoms with E-state index >= 15 is 0 Å². The summed E-state index contributed by atoms with van der Waals surface area (Å²) < 4.78 is 34.8. The van der Waals surface area contributed by atoms with Crippen LogP contribution in [0.15, 0.2) is 0 Å². The zero-order chi connectivity index (χ0) is 14.1. The predicted octanol–water partition coefficient (Wildman–Crippen LogP) is 0.0590. The number of nitrogens with one attached hydrogen (secondary N) is 1. The maximum Gasteiger partial charge on any atom is 0.280 e. The second-order valence-electron chi connectivity index (χ2n) is 5.89. The van der Waals surface area contributed by atoms with Crippen molar-refractivity contribution in [2.75, 3.05) is 26.2 Å². The normalized spacial score (nSPS) is 37.6. The fourth-order valence-electron chi connectivity index (χ4n) is 2.77. The van der Waals surface area contributed by atoms with Crippen LogP contribution in [-0.2, 0) is 14.9 Å². The van der Waals surface area contributed by atoms with Crippen LogP contribution in [0.5, 0.6) is 0 Å². The Kier molecular flexibility index (Phi) is 4.52. The van der Waals surface area contributed by atoms with Gasteiger partial charge in [-0.05, 0) is 45.6 Å². The molecule has 6 nitrogen and oxygen atoms in total. The quantitative estimate of drug-likeness (QED) is 0.767. The zero-order valence-corrected chi connectivity index (χ0v) is 12.6. The Morgan fingerprint density at radius 1 is 1.53 bits per heavy atom. The number of hydrogen-bond acceptors (Lipinski definition) is 4. The molecule has 112 valence electrons. The van der Waals surface area contributed by atoms with Crippen molar-refractivity contribution < 1.29 is 13.2 Å². The SMILES string of the molecule is CC1OCCC1(C)NS(=O)(=O)N1CCCC(CN)C1. The van der Waals surface area contributed by atoms with Crippen molar-refractivity contribution in [3.63, 3.8) is 0 Å². The van der Waals surface area contributed by atoms with Gasteiger partial charge in [0.2, 0.25) is 0 Å². The second-order valence-corrected chi connectivity index (χ2v) is 7.56. The van der Waals surface area contributed by atoms with Gasteiger partial charge in [0.05, 0.1) is 11.6 Å². The number of nitrogens with zero attached hydrogens (tertiary/aromatic N) is 1. The van der Waals surface area contributed by atoms with Crippen molar-refractivity contribution in [1.29, 1.82) is 0 Å². The average Bonchev–Trinajstić information content (AvgIpc) is 2.68. The van der Waals surface area contributed by atoms with E-state index in [4.69, 9.17) is 10.5 Å². The third-order valence-electron chi connectivity index (χ3n) is 4.40. The lowest BCUT2D eigenvalue weighted by atomic mass is 9.97. The monoisotopic (exact) mass is 291 g/mol. The van der Waals surface area contributed by atoms with E-state index in [1.807, 2.05) is 13.8 Å². The van der Waals surface area contributed by atoms with Gasteiger partial charge in [-0.25, -0.2) is 0 Å². The lowest BCUT2D eigenvalue weighted by molar-refractivity contribution is 0.0948. The van der Waals surface area contributed by atoms with E-state index < -0.39 is 15.7 Å². The van der Waals surface area contributed by atoms with E-state index in [-0.39, 0.29) is 12.0 Å². The summed E-state index contributed by atoms with van der Waals surface area (Å²) in [5, 5.41) is 0. The highest BCUT2D eigenvalue weighted by atomic mass is 32.2. The molecule has 0 aromatic rings. The van der Waals surface area contributed by atoms with Crippen molar-refractivity contribution in [1.82, 2.24) is 9.03 Å². The molecular weight excluding hydrogens is 266 g/mol. The molecule has 2 aliphatic rings. The van der Waals surface area contributed by atoms with Gasteiger partial charge in [0.25, 0.3) is 10.2 Å². The minimum absolute atomic E-state index is 0.0997. The number of hydrogen-bond donors (Lipinski definition) is 2. The van der Waals surface area contributed by atoms with Crippen molar-refractivity contribution in [3.8, 4) is 0 Å². The van der Waals surface area contributed by atoms with E-state index in [9.17, 15) is 8.42 Å². The molecule has 0 aromatic heterocycles. The highest BCUT2D eigenvalue weighted by Crippen LogP contribution is 2.27. The molecule has 2 aliphatic heterocycles. The van der Waals surface area contributed by atoms with Crippen LogP contribution in [0.1, 0.15) is 33.1 Å². The van der Waals surface area contributed by atoms with Gasteiger partial charge in [0.1, 0.15) is 0 Å². The molecule has 7 heteroatoms. The first-order chi connectivity index (χ1) is 8.87. The lowest BCUT2D eigenvalue weighted by Crippen LogP contribution is -2.56. The standard InChI is InChI=1S/C12H25N3O3S/c1-10-12(2,5-7-18-10)14-19(16,17)15-6-3-4-11(8-13)9-15/h10-11,14H,3-9,13H2,1-2H3. The molecule has 3 N–H and O–H groups in total. The summed E-state index contributed by atoms with van der Waals surface area (Å²) in [6, 6.07) is 0. The Bertz CT molecular complexity index is 414. The summed E-state index contributed by atoms with van der Waals surface area (Å²) >= 11 is 0. The third-order valence-corrected chi connectivity index (χ3v) is 6.14. The maximum atomic E-state index is 12.5. The van der Waals surface area contributed by atoms with Crippen LogP contribution in [0.3, 0.4) is 0 Å². The molecule has 0 bridgehead atoms. The van der Waals surface area contributed by atoms with Crippen molar-refractivity contribution >= 4 is 10.2 Å². The fraction of sp³-hybridized carbons (Fsp3) is 1.00. The molecule has 0 aromatic carbocycles. The van der Waals surface area contributed by atoms with Gasteiger partial charge in [0.15, 0.2) is 0 Å². The molecule has 0 amide bonds. The van der Waals surface area contributed by atoms with Gasteiger partial charge in [-0.3, -0.25) is 0 Å². The number of piperidine rings is 1. The third kappa shape index (κ3) is 3.28. The summed E-state index contributed by atoms with van der Waals surface area (Å²) in [6.07, 6.45) is 2.50. The molecule has 0 spiro atoms. The van der Waals surface area contributed by atoms with Crippen LogP contribution in [0.2, 0.25) is 0 Å². The molecule has 3 atom stereocenters. The molecule has 19 heavy (non-hydrogen) atoms. The smallest absolute Gasteiger partial charge is 0.280 e. The van der Waals surface area contributed by atoms with Gasteiger partial charge in [-0.15, -0.1) is 0 Å². The van der Waals surface area contributed by atoms with E-state index in [1.165, 1.54) is 4.31 Å². The summed E-state index contributed by atoms with van der Waals surface area (Å²) in [5.41, 5.74) is 5.15. The van der Waals surface area contributed by atoms with Crippen LogP contribution in [-0.4, -0.2) is 50.6 Å². The van der Waals surface area contributed by atoms with Gasteiger partial charge in [-0.2, -0.15) is 17.4 Å². The van der Waals surface area contributed by atoms with E-state index in [1.54, 1.807) is 0 Å². The topological polar surface area (TPSA) is 84.7 Å². The molecule has 0 aliphatic carbocycles. The lowest BCUT2D eigenvalue weighted by Gasteiger charge is -2.35. The molecule has 2 rings (SSSR count). The van der Waals surface area contributed by atoms with Crippen molar-refractivity contribution in [3.05, 3.63) is 0 Å². The first-order valence-corrected chi connectivity index (χ1v) is 8.42. The highest BCUT2D eigenvalue weighted by Gasteiger charge is 2.42. The van der Waals surface area contributed by atoms with E-state index in [2.05, 4.69) is 4.72 Å². The Morgan fingerprint density at radius 2 is 2.26 bits per heavy atom. The summed E-state index contributed by atoms with van der Waals surface area (Å²) in [5.74, 6) is 0.274. The summed E-state index contributed by atoms with van der Waals surface area (Å²) in [4.78, 5) is 0. The van der Waals surface area contributed by atoms with E-state index in [0.717, 1.165) is 12.8 Å². The second kappa shape index (κ2) is 5.65. The Morgan fingerprint density at radius 3 is 2.84 bits per heavy atom. The highest BCUT2D eigenvalue weighted by molar-refractivity contribution is 7.87. The molecule has 2 saturated heterocycles. The van der Waals surface area contributed by atoms with Gasteiger partial charge in [0, 0.05) is 19.7 Å². The first-order valence-electron chi connectivity index (χ1n) is 6.98. The molecule has 2 fully saturated rings. The van der Waals surface area contributed by atoms with Crippen LogP contribution in [0.4, 0.5) is 0 Å². The van der Waals surface area contributed by atoms with Crippen LogP contribution < -0.4 is 10.5 Å². The van der Waals surface area contributed by atoms with Crippen LogP contribution in [0, 0.1) is 5.92 Å². The largest absolute Gasteiger partial charge is 0.376 e. The molecule has 3 unspecified atom stereocenters. The zero-order valence-electron chi connectivity index (χ0n) is 11.8. The molecular formula is C12H25N3O3S. The predicted molar refractivity (Wildman–Crippen MR) is 73.8 cm³/mol. The Balaban J connectivity index is 2.05. The van der Waals surface area contributed by atoms with Crippen LogP contribution >= 0.6 is 0 Å². The molecule has 2 heterocycles. The Labute approximate surface area is 115 Å². The molecule has 0 radical (unpaired) electrons. The number of ether oxygens (including phenoxy) is 1. The van der Waals surface area contributed by atoms with Gasteiger partial charge < -0.3 is 10.5 Å². The summed E-state index contributed by atoms with van der Waals surface area (Å²) in [6.45, 7) is 6.07. The first kappa shape index (κ1) is 15.2.